The summed E-state index contributed by atoms with van der Waals surface area (Å²) in [6.45, 7) is -2.31. The van der Waals surface area contributed by atoms with Crippen molar-refractivity contribution < 1.29 is 128 Å². The van der Waals surface area contributed by atoms with Crippen molar-refractivity contribution in [3.63, 3.8) is 0 Å². The normalized spacial score (nSPS) is 25.2. The van der Waals surface area contributed by atoms with Gasteiger partial charge in [-0.05, 0) is 38.0 Å². The molecule has 1 heterocycles. The smallest absolute Gasteiger partial charge is 0.352 e. The summed E-state index contributed by atoms with van der Waals surface area (Å²) in [7, 11) is 0. The van der Waals surface area contributed by atoms with Crippen LogP contribution in [0.15, 0.2) is 12.2 Å². The molecule has 3 rings (SSSR count). The van der Waals surface area contributed by atoms with Crippen LogP contribution in [0.3, 0.4) is 0 Å². The fourth-order valence-electron chi connectivity index (χ4n) is 6.81. The van der Waals surface area contributed by atoms with Crippen LogP contribution in [-0.4, -0.2) is 96.9 Å². The van der Waals surface area contributed by atoms with Gasteiger partial charge >= 0.3 is 71.6 Å². The zero-order valence-electron chi connectivity index (χ0n) is 28.0. The lowest BCUT2D eigenvalue weighted by atomic mass is 9.75. The van der Waals surface area contributed by atoms with E-state index in [0.29, 0.717) is 0 Å². The van der Waals surface area contributed by atoms with Crippen molar-refractivity contribution in [1.29, 1.82) is 0 Å². The third-order valence-corrected chi connectivity index (χ3v) is 10.3. The van der Waals surface area contributed by atoms with E-state index < -0.39 is 152 Å². The van der Waals surface area contributed by atoms with Crippen molar-refractivity contribution >= 4 is 5.78 Å². The molecule has 2 fully saturated rings. The summed E-state index contributed by atoms with van der Waals surface area (Å²) >= 11 is 0. The van der Waals surface area contributed by atoms with E-state index in [0.717, 1.165) is 6.92 Å². The molecule has 0 aromatic rings. The molecule has 2 bridgehead atoms. The van der Waals surface area contributed by atoms with Gasteiger partial charge in [-0.2, -0.15) is 114 Å². The summed E-state index contributed by atoms with van der Waals surface area (Å²) in [6.07, 6.45) is -25.4. The average Bonchev–Trinajstić information content (AvgIpc) is 3.68. The average molecular weight is 914 g/mol. The predicted octanol–water partition coefficient (Wildman–Crippen LogP) is 11.4. The number of ether oxygens (including phenoxy) is 2. The first-order chi connectivity index (χ1) is 25.4. The fraction of sp³-hybridized carbons (Fsp3) is 0.897. The quantitative estimate of drug-likeness (QED) is 0.114. The van der Waals surface area contributed by atoms with Crippen molar-refractivity contribution in [1.82, 2.24) is 0 Å². The topological polar surface area (TPSA) is 35.5 Å². The van der Waals surface area contributed by atoms with Crippen LogP contribution in [0.5, 0.6) is 0 Å². The van der Waals surface area contributed by atoms with Crippen LogP contribution in [0.25, 0.3) is 0 Å². The van der Waals surface area contributed by atoms with E-state index in [-0.39, 0.29) is 6.42 Å². The molecule has 1 unspecified atom stereocenters. The molecule has 3 aliphatic rings. The molecule has 58 heavy (non-hydrogen) atoms. The molecule has 0 amide bonds. The number of hydrogen-bond acceptors (Lipinski definition) is 3. The molecule has 1 saturated carbocycles. The summed E-state index contributed by atoms with van der Waals surface area (Å²) in [6, 6.07) is 0. The number of carbonyl (C=O) groups excluding carboxylic acids is 1. The van der Waals surface area contributed by atoms with E-state index in [1.54, 1.807) is 0 Å². The van der Waals surface area contributed by atoms with Crippen molar-refractivity contribution in [2.45, 2.75) is 117 Å². The summed E-state index contributed by atoms with van der Waals surface area (Å²) in [5.74, 6) is -83.7. The van der Waals surface area contributed by atoms with Crippen LogP contribution in [0.4, 0.5) is 114 Å². The lowest BCUT2D eigenvalue weighted by Crippen LogP contribution is -2.70. The maximum atomic E-state index is 14.7. The van der Waals surface area contributed by atoms with E-state index >= 15 is 0 Å². The SMILES string of the molecule is CC(=O)[C@@H]1C2C=C[C@H](C2)[C@@H]1C1OCC(CCC(F)(F)C(F)(F)C(F)(F)C(F)(F)C(F)(F)C(F)(F)F)(CCC(F)(F)C(F)(F)C(F)(F)C(F)(F)C(F)(F)C(F)(F)F)CO1. The van der Waals surface area contributed by atoms with E-state index in [9.17, 15) is 119 Å². The van der Waals surface area contributed by atoms with Crippen LogP contribution in [0.2, 0.25) is 0 Å². The molecule has 0 aromatic carbocycles. The Morgan fingerprint density at radius 2 is 0.810 bits per heavy atom. The lowest BCUT2D eigenvalue weighted by Gasteiger charge is -2.46. The van der Waals surface area contributed by atoms with Gasteiger partial charge < -0.3 is 9.47 Å². The molecule has 4 atom stereocenters. The number of rotatable bonds is 16. The summed E-state index contributed by atoms with van der Waals surface area (Å²) in [5.41, 5.74) is -3.25. The molecule has 1 saturated heterocycles. The van der Waals surface area contributed by atoms with Crippen molar-refractivity contribution in [3.8, 4) is 0 Å². The van der Waals surface area contributed by atoms with Gasteiger partial charge in [-0.25, -0.2) is 0 Å². The highest BCUT2D eigenvalue weighted by molar-refractivity contribution is 5.80. The Hall–Kier alpha value is -2.49. The Labute approximate surface area is 306 Å². The minimum Gasteiger partial charge on any atom is -0.352 e. The Morgan fingerprint density at radius 1 is 0.500 bits per heavy atom. The Morgan fingerprint density at radius 3 is 1.12 bits per heavy atom. The van der Waals surface area contributed by atoms with Gasteiger partial charge in [0.25, 0.3) is 0 Å². The highest BCUT2D eigenvalue weighted by atomic mass is 19.4. The number of fused-ring (bicyclic) bond motifs is 2. The van der Waals surface area contributed by atoms with Gasteiger partial charge in [0, 0.05) is 30.1 Å². The van der Waals surface area contributed by atoms with Gasteiger partial charge in [-0.15, -0.1) is 0 Å². The first-order valence-electron chi connectivity index (χ1n) is 15.7. The van der Waals surface area contributed by atoms with Gasteiger partial charge in [-0.1, -0.05) is 12.2 Å². The van der Waals surface area contributed by atoms with Gasteiger partial charge in [0.2, 0.25) is 0 Å². The largest absolute Gasteiger partial charge is 0.460 e. The van der Waals surface area contributed by atoms with Crippen molar-refractivity contribution in [2.75, 3.05) is 13.2 Å². The number of allylic oxidation sites excluding steroid dienone is 2. The number of ketones is 1. The molecule has 0 spiro atoms. The van der Waals surface area contributed by atoms with Crippen LogP contribution >= 0.6 is 0 Å². The van der Waals surface area contributed by atoms with Gasteiger partial charge in [-0.3, -0.25) is 4.79 Å². The van der Waals surface area contributed by atoms with E-state index in [2.05, 4.69) is 0 Å². The number of hydrogen-bond donors (Lipinski definition) is 0. The number of halogens is 26. The molecule has 0 N–H and O–H groups in total. The molecule has 3 nitrogen and oxygen atoms in total. The lowest BCUT2D eigenvalue weighted by molar-refractivity contribution is -0.441. The Kier molecular flexibility index (Phi) is 12.3. The minimum absolute atomic E-state index is 0.185. The Bertz CT molecular complexity index is 1460. The second-order valence-electron chi connectivity index (χ2n) is 14.2. The predicted molar refractivity (Wildman–Crippen MR) is 137 cm³/mol. The third kappa shape index (κ3) is 7.26. The van der Waals surface area contributed by atoms with E-state index in [4.69, 9.17) is 9.47 Å². The number of alkyl halides is 26. The van der Waals surface area contributed by atoms with E-state index in [1.165, 1.54) is 12.2 Å². The minimum atomic E-state index is -8.40. The van der Waals surface area contributed by atoms with Gasteiger partial charge in [0.15, 0.2) is 6.29 Å². The van der Waals surface area contributed by atoms with Crippen LogP contribution in [-0.2, 0) is 14.3 Å². The van der Waals surface area contributed by atoms with Crippen molar-refractivity contribution in [2.24, 2.45) is 29.1 Å². The number of Topliss-reactive ketones (excluding diaryl/α,β-unsaturated/α-hetero) is 1. The number of carbonyl (C=O) groups is 1. The summed E-state index contributed by atoms with van der Waals surface area (Å²) in [5, 5.41) is 0. The molecule has 0 radical (unpaired) electrons. The van der Waals surface area contributed by atoms with E-state index in [1.807, 2.05) is 0 Å². The zero-order chi connectivity index (χ0) is 45.7. The maximum absolute atomic E-state index is 14.7. The first kappa shape index (κ1) is 49.9. The maximum Gasteiger partial charge on any atom is 0.460 e. The molecule has 0 aromatic heterocycles. The standard InChI is InChI=1S/C29H24F26O3/c1-11(56)14-12-2-3-13(8-12)15(14)16-57-9-17(10-58-16,4-6-18(30,31)20(34,35)22(38,39)24(42,43)26(46,47)28(50,51)52)5-7-19(32,33)21(36,37)23(40,41)25(44,45)27(48,49)29(53,54)55/h2-3,12-16H,4-10H2,1H3/t12?,13-,14-,15+/m1/s1. The Balaban J connectivity index is 2.02. The monoisotopic (exact) mass is 914 g/mol. The molecule has 2 aliphatic carbocycles. The molecule has 29 heteroatoms. The van der Waals surface area contributed by atoms with Gasteiger partial charge in [0.05, 0.1) is 13.2 Å². The first-order valence-corrected chi connectivity index (χ1v) is 15.7. The highest BCUT2D eigenvalue weighted by Crippen LogP contribution is 2.63. The third-order valence-electron chi connectivity index (χ3n) is 10.3. The molecule has 340 valence electrons. The van der Waals surface area contributed by atoms with Crippen molar-refractivity contribution in [3.05, 3.63) is 12.2 Å². The zero-order valence-corrected chi connectivity index (χ0v) is 28.0. The van der Waals surface area contributed by atoms with Crippen LogP contribution in [0, 0.1) is 29.1 Å². The molecular formula is C29H24F26O3. The second kappa shape index (κ2) is 14.3. The van der Waals surface area contributed by atoms with Gasteiger partial charge in [0.1, 0.15) is 5.78 Å². The fourth-order valence-corrected chi connectivity index (χ4v) is 6.81. The summed E-state index contributed by atoms with van der Waals surface area (Å²) in [4.78, 5) is 12.3. The second-order valence-corrected chi connectivity index (χ2v) is 14.2. The summed E-state index contributed by atoms with van der Waals surface area (Å²) < 4.78 is 366. The molecule has 1 aliphatic heterocycles. The van der Waals surface area contributed by atoms with Crippen LogP contribution in [0.1, 0.15) is 39.0 Å². The van der Waals surface area contributed by atoms with Crippen LogP contribution < -0.4 is 0 Å². The highest BCUT2D eigenvalue weighted by Gasteiger charge is 2.92. The molecular weight excluding hydrogens is 890 g/mol.